The quantitative estimate of drug-likeness (QED) is 0.489. The maximum Gasteiger partial charge on any atom is 0.261 e. The number of sulfonamides is 1. The second kappa shape index (κ2) is 8.59. The summed E-state index contributed by atoms with van der Waals surface area (Å²) >= 11 is 17.5. The van der Waals surface area contributed by atoms with E-state index in [1.165, 1.54) is 30.3 Å². The first-order chi connectivity index (χ1) is 13.7. The molecule has 0 saturated carbocycles. The lowest BCUT2D eigenvalue weighted by Crippen LogP contribution is -2.15. The monoisotopic (exact) mass is 472 g/mol. The zero-order chi connectivity index (χ0) is 21.2. The molecule has 0 aliphatic heterocycles. The fourth-order valence-electron chi connectivity index (χ4n) is 2.36. The maximum absolute atomic E-state index is 14.4. The largest absolute Gasteiger partial charge is 0.319 e. The predicted molar refractivity (Wildman–Crippen MR) is 113 cm³/mol. The number of benzene rings is 3. The zero-order valence-corrected chi connectivity index (χ0v) is 17.5. The van der Waals surface area contributed by atoms with Crippen molar-refractivity contribution in [1.29, 1.82) is 0 Å². The minimum Gasteiger partial charge on any atom is -0.319 e. The van der Waals surface area contributed by atoms with Crippen molar-refractivity contribution in [1.82, 2.24) is 0 Å². The van der Waals surface area contributed by atoms with E-state index in [1.807, 2.05) is 0 Å². The highest BCUT2D eigenvalue weighted by Crippen LogP contribution is 2.27. The van der Waals surface area contributed by atoms with Crippen molar-refractivity contribution in [2.24, 2.45) is 0 Å². The Bertz CT molecular complexity index is 1200. The number of halogens is 4. The van der Waals surface area contributed by atoms with Gasteiger partial charge in [-0.05, 0) is 54.6 Å². The molecule has 0 aliphatic carbocycles. The number of nitrogens with one attached hydrogen (secondary N) is 2. The molecular formula is C19H12Cl3FN2O3S. The van der Waals surface area contributed by atoms with Crippen molar-refractivity contribution in [3.05, 3.63) is 87.1 Å². The summed E-state index contributed by atoms with van der Waals surface area (Å²) in [7, 11) is -4.09. The van der Waals surface area contributed by atoms with Crippen molar-refractivity contribution < 1.29 is 17.6 Å². The van der Waals surface area contributed by atoms with Gasteiger partial charge in [-0.2, -0.15) is 0 Å². The summed E-state index contributed by atoms with van der Waals surface area (Å²) in [5.41, 5.74) is 0.219. The van der Waals surface area contributed by atoms with Gasteiger partial charge in [0.15, 0.2) is 0 Å². The molecule has 5 nitrogen and oxygen atoms in total. The molecule has 150 valence electrons. The van der Waals surface area contributed by atoms with E-state index in [-0.39, 0.29) is 31.9 Å². The van der Waals surface area contributed by atoms with Crippen LogP contribution in [0.2, 0.25) is 15.1 Å². The number of carbonyl (C=O) groups excluding carboxylic acids is 1. The molecule has 3 aromatic carbocycles. The molecule has 0 aromatic heterocycles. The van der Waals surface area contributed by atoms with Crippen molar-refractivity contribution in [3.63, 3.8) is 0 Å². The van der Waals surface area contributed by atoms with Crippen molar-refractivity contribution in [2.75, 3.05) is 10.0 Å². The first-order valence-corrected chi connectivity index (χ1v) is 10.6. The lowest BCUT2D eigenvalue weighted by Gasteiger charge is -2.11. The topological polar surface area (TPSA) is 75.3 Å². The fraction of sp³-hybridized carbons (Fsp3) is 0. The molecule has 0 fully saturated rings. The summed E-state index contributed by atoms with van der Waals surface area (Å²) in [6.07, 6.45) is 0. The van der Waals surface area contributed by atoms with E-state index in [0.29, 0.717) is 5.02 Å². The van der Waals surface area contributed by atoms with E-state index in [4.69, 9.17) is 34.8 Å². The van der Waals surface area contributed by atoms with Gasteiger partial charge in [-0.1, -0.05) is 40.9 Å². The molecule has 10 heteroatoms. The minimum atomic E-state index is -4.09. The number of hydrogen-bond donors (Lipinski definition) is 2. The van der Waals surface area contributed by atoms with Gasteiger partial charge in [0.2, 0.25) is 0 Å². The highest BCUT2D eigenvalue weighted by Gasteiger charge is 2.18. The lowest BCUT2D eigenvalue weighted by molar-refractivity contribution is 0.102. The molecule has 0 unspecified atom stereocenters. The molecule has 3 rings (SSSR count). The van der Waals surface area contributed by atoms with Crippen LogP contribution >= 0.6 is 34.8 Å². The van der Waals surface area contributed by atoms with Crippen LogP contribution in [-0.4, -0.2) is 14.3 Å². The zero-order valence-electron chi connectivity index (χ0n) is 14.4. The number of carbonyl (C=O) groups is 1. The Morgan fingerprint density at radius 2 is 1.66 bits per heavy atom. The van der Waals surface area contributed by atoms with Crippen LogP contribution in [0.3, 0.4) is 0 Å². The van der Waals surface area contributed by atoms with Crippen LogP contribution in [0.1, 0.15) is 10.4 Å². The second-order valence-electron chi connectivity index (χ2n) is 5.84. The van der Waals surface area contributed by atoms with Crippen LogP contribution in [-0.2, 0) is 10.0 Å². The molecule has 0 spiro atoms. The Hall–Kier alpha value is -2.32. The van der Waals surface area contributed by atoms with Gasteiger partial charge in [0.25, 0.3) is 15.9 Å². The molecule has 29 heavy (non-hydrogen) atoms. The van der Waals surface area contributed by atoms with E-state index in [9.17, 15) is 17.6 Å². The summed E-state index contributed by atoms with van der Waals surface area (Å²) in [4.78, 5) is 11.9. The minimum absolute atomic E-state index is 0.164. The highest BCUT2D eigenvalue weighted by molar-refractivity contribution is 7.92. The Labute approximate surface area is 181 Å². The van der Waals surface area contributed by atoms with Gasteiger partial charge in [0.05, 0.1) is 26.3 Å². The Morgan fingerprint density at radius 1 is 0.897 bits per heavy atom. The smallest absolute Gasteiger partial charge is 0.261 e. The molecular weight excluding hydrogens is 462 g/mol. The van der Waals surface area contributed by atoms with Gasteiger partial charge in [-0.3, -0.25) is 9.52 Å². The maximum atomic E-state index is 14.4. The second-order valence-corrected chi connectivity index (χ2v) is 8.77. The van der Waals surface area contributed by atoms with Crippen molar-refractivity contribution in [2.45, 2.75) is 4.90 Å². The van der Waals surface area contributed by atoms with E-state index in [2.05, 4.69) is 10.0 Å². The third-order valence-corrected chi connectivity index (χ3v) is 6.11. The van der Waals surface area contributed by atoms with Crippen LogP contribution in [0.5, 0.6) is 0 Å². The van der Waals surface area contributed by atoms with Gasteiger partial charge >= 0.3 is 0 Å². The van der Waals surface area contributed by atoms with Gasteiger partial charge in [-0.25, -0.2) is 12.8 Å². The third-order valence-electron chi connectivity index (χ3n) is 3.76. The first-order valence-electron chi connectivity index (χ1n) is 8.00. The molecule has 0 aliphatic rings. The van der Waals surface area contributed by atoms with Gasteiger partial charge in [0.1, 0.15) is 5.82 Å². The molecule has 1 amide bonds. The average molecular weight is 474 g/mol. The van der Waals surface area contributed by atoms with E-state index in [0.717, 1.165) is 18.2 Å². The normalized spacial score (nSPS) is 11.2. The SMILES string of the molecule is O=C(Nc1ccc(S(=O)(=O)Nc2ccc(Cl)c(Cl)c2)cc1F)c1cccc(Cl)c1. The molecule has 0 heterocycles. The van der Waals surface area contributed by atoms with Crippen LogP contribution in [0, 0.1) is 5.82 Å². The van der Waals surface area contributed by atoms with Gasteiger partial charge in [0, 0.05) is 10.6 Å². The molecule has 0 atom stereocenters. The Morgan fingerprint density at radius 3 is 2.31 bits per heavy atom. The predicted octanol–water partition coefficient (Wildman–Crippen LogP) is 5.84. The standard InChI is InChI=1S/C19H12Cl3FN2O3S/c20-12-3-1-2-11(8-12)19(26)24-18-7-5-14(10-17(18)23)29(27,28)25-13-4-6-15(21)16(22)9-13/h1-10,25H,(H,24,26). The van der Waals surface area contributed by atoms with E-state index in [1.54, 1.807) is 12.1 Å². The summed E-state index contributed by atoms with van der Waals surface area (Å²) in [6, 6.07) is 13.4. The molecule has 2 N–H and O–H groups in total. The number of hydrogen-bond acceptors (Lipinski definition) is 3. The van der Waals surface area contributed by atoms with Gasteiger partial charge < -0.3 is 5.32 Å². The van der Waals surface area contributed by atoms with Gasteiger partial charge in [-0.15, -0.1) is 0 Å². The van der Waals surface area contributed by atoms with Crippen LogP contribution in [0.25, 0.3) is 0 Å². The highest BCUT2D eigenvalue weighted by atomic mass is 35.5. The summed E-state index contributed by atoms with van der Waals surface area (Å²) in [5, 5.41) is 3.16. The van der Waals surface area contributed by atoms with Crippen LogP contribution < -0.4 is 10.0 Å². The first kappa shape index (κ1) is 21.4. The molecule has 0 radical (unpaired) electrons. The molecule has 3 aromatic rings. The van der Waals surface area contributed by atoms with E-state index >= 15 is 0 Å². The molecule has 0 bridgehead atoms. The summed E-state index contributed by atoms with van der Waals surface area (Å²) in [5.74, 6) is -1.51. The average Bonchev–Trinajstić information content (AvgIpc) is 2.66. The Balaban J connectivity index is 1.80. The van der Waals surface area contributed by atoms with E-state index < -0.39 is 21.7 Å². The van der Waals surface area contributed by atoms with Crippen molar-refractivity contribution >= 4 is 62.1 Å². The summed E-state index contributed by atoms with van der Waals surface area (Å²) in [6.45, 7) is 0. The Kier molecular flexibility index (Phi) is 6.33. The van der Waals surface area contributed by atoms with Crippen LogP contribution in [0.15, 0.2) is 65.6 Å². The van der Waals surface area contributed by atoms with Crippen LogP contribution in [0.4, 0.5) is 15.8 Å². The number of amides is 1. The fourth-order valence-corrected chi connectivity index (χ4v) is 3.91. The van der Waals surface area contributed by atoms with Crippen molar-refractivity contribution in [3.8, 4) is 0 Å². The lowest BCUT2D eigenvalue weighted by atomic mass is 10.2. The summed E-state index contributed by atoms with van der Waals surface area (Å²) < 4.78 is 41.7. The number of anilines is 2. The number of rotatable bonds is 5. The molecule has 0 saturated heterocycles. The third kappa shape index (κ3) is 5.19.